The van der Waals surface area contributed by atoms with Crippen LogP contribution in [0.2, 0.25) is 0 Å². The van der Waals surface area contributed by atoms with E-state index in [1.54, 1.807) is 27.1 Å². The third-order valence-corrected chi connectivity index (χ3v) is 9.29. The molecule has 1 aromatic rings. The first-order chi connectivity index (χ1) is 20.2. The number of hydroxylamine groups is 1. The van der Waals surface area contributed by atoms with Gasteiger partial charge in [-0.3, -0.25) is 28.9 Å². The van der Waals surface area contributed by atoms with Crippen LogP contribution in [0.4, 0.5) is 5.69 Å². The summed E-state index contributed by atoms with van der Waals surface area (Å²) in [6.45, 7) is 3.91. The predicted octanol–water partition coefficient (Wildman–Crippen LogP) is 1.16. The zero-order chi connectivity index (χ0) is 31.5. The molecular formula is C30H38N4O9. The zero-order valence-corrected chi connectivity index (χ0v) is 24.5. The highest BCUT2D eigenvalue weighted by molar-refractivity contribution is 6.25. The molecule has 5 rings (SSSR count). The summed E-state index contributed by atoms with van der Waals surface area (Å²) in [7, 11) is 3.14. The topological polar surface area (TPSA) is 212 Å². The van der Waals surface area contributed by atoms with Crippen molar-refractivity contribution < 1.29 is 44.4 Å². The molecule has 0 saturated heterocycles. The number of phenolic OH excluding ortho intramolecular Hbond substituents is 1. The normalized spacial score (nSPS) is 30.8. The van der Waals surface area contributed by atoms with E-state index in [0.717, 1.165) is 12.8 Å². The molecule has 2 amide bonds. The molecule has 8 N–H and O–H groups in total. The number of rotatable bonds is 8. The van der Waals surface area contributed by atoms with Gasteiger partial charge in [0.1, 0.15) is 23.1 Å². The number of nitrogens with zero attached hydrogens (tertiary/aromatic N) is 1. The van der Waals surface area contributed by atoms with Crippen molar-refractivity contribution >= 4 is 29.1 Å². The molecule has 1 aromatic carbocycles. The van der Waals surface area contributed by atoms with Gasteiger partial charge in [0.2, 0.25) is 11.7 Å². The number of carbonyl (C=O) groups is 4. The van der Waals surface area contributed by atoms with Gasteiger partial charge >= 0.3 is 0 Å². The second kappa shape index (κ2) is 11.1. The number of aliphatic hydroxyl groups is 3. The number of fused-ring (bicyclic) bond motifs is 3. The summed E-state index contributed by atoms with van der Waals surface area (Å²) >= 11 is 0. The Kier molecular flexibility index (Phi) is 7.88. The van der Waals surface area contributed by atoms with Crippen molar-refractivity contribution in [2.75, 3.05) is 19.4 Å². The lowest BCUT2D eigenvalue weighted by Gasteiger charge is -2.50. The molecular weight excluding hydrogens is 560 g/mol. The first kappa shape index (κ1) is 30.7. The van der Waals surface area contributed by atoms with Crippen LogP contribution < -0.4 is 16.5 Å². The maximum atomic E-state index is 13.9. The Hall–Kier alpha value is -3.78. The molecule has 1 fully saturated rings. The lowest BCUT2D eigenvalue weighted by molar-refractivity contribution is -0.148. The van der Waals surface area contributed by atoms with Gasteiger partial charge in [-0.1, -0.05) is 19.9 Å². The number of Topliss-reactive ketones (excluding diaryl/α,β-unsaturated/α-hetero) is 2. The van der Waals surface area contributed by atoms with Crippen LogP contribution in [0.1, 0.15) is 55.5 Å². The summed E-state index contributed by atoms with van der Waals surface area (Å²) in [6, 6.07) is 1.28. The molecule has 4 aliphatic rings. The number of aliphatic hydroxyl groups excluding tert-OH is 2. The molecule has 4 aliphatic carbocycles. The van der Waals surface area contributed by atoms with Gasteiger partial charge in [-0.25, -0.2) is 0 Å². The molecule has 3 unspecified atom stereocenters. The lowest BCUT2D eigenvalue weighted by atomic mass is 9.58. The fraction of sp³-hybridized carbons (Fsp3) is 0.533. The number of phenols is 1. The fourth-order valence-electron chi connectivity index (χ4n) is 6.97. The smallest absolute Gasteiger partial charge is 0.255 e. The maximum Gasteiger partial charge on any atom is 0.255 e. The Balaban J connectivity index is 1.47. The van der Waals surface area contributed by atoms with Crippen molar-refractivity contribution in [2.45, 2.75) is 69.7 Å². The van der Waals surface area contributed by atoms with Gasteiger partial charge in [-0.15, -0.1) is 0 Å². The Morgan fingerprint density at radius 2 is 1.84 bits per heavy atom. The predicted molar refractivity (Wildman–Crippen MR) is 153 cm³/mol. The molecule has 1 saturated carbocycles. The van der Waals surface area contributed by atoms with Crippen molar-refractivity contribution in [3.8, 4) is 5.75 Å². The Morgan fingerprint density at radius 3 is 2.42 bits per heavy atom. The van der Waals surface area contributed by atoms with Gasteiger partial charge in [-0.2, -0.15) is 5.48 Å². The van der Waals surface area contributed by atoms with Gasteiger partial charge in [0.25, 0.3) is 5.91 Å². The van der Waals surface area contributed by atoms with E-state index in [-0.39, 0.29) is 35.8 Å². The average Bonchev–Trinajstić information content (AvgIpc) is 2.91. The average molecular weight is 599 g/mol. The van der Waals surface area contributed by atoms with Crippen LogP contribution >= 0.6 is 0 Å². The van der Waals surface area contributed by atoms with E-state index in [1.807, 2.05) is 0 Å². The van der Waals surface area contributed by atoms with Crippen LogP contribution in [0.5, 0.6) is 5.75 Å². The van der Waals surface area contributed by atoms with Gasteiger partial charge in [0.05, 0.1) is 23.4 Å². The molecule has 0 radical (unpaired) electrons. The Bertz CT molecular complexity index is 1460. The number of nitrogens with two attached hydrogens (primary N) is 1. The van der Waals surface area contributed by atoms with Crippen molar-refractivity contribution in [2.24, 2.45) is 23.5 Å². The number of benzene rings is 1. The monoisotopic (exact) mass is 598 g/mol. The summed E-state index contributed by atoms with van der Waals surface area (Å²) in [5.74, 6) is -7.21. The number of amides is 2. The third kappa shape index (κ3) is 4.80. The van der Waals surface area contributed by atoms with E-state index < -0.39 is 75.7 Å². The van der Waals surface area contributed by atoms with Gasteiger partial charge in [-0.05, 0) is 69.7 Å². The fourth-order valence-corrected chi connectivity index (χ4v) is 6.97. The van der Waals surface area contributed by atoms with E-state index in [2.05, 4.69) is 17.7 Å². The van der Waals surface area contributed by atoms with Crippen LogP contribution in [-0.2, 0) is 25.6 Å². The lowest BCUT2D eigenvalue weighted by Crippen LogP contribution is -2.63. The van der Waals surface area contributed by atoms with Gasteiger partial charge < -0.3 is 31.5 Å². The number of allylic oxidation sites excluding steroid dienone is 1. The molecule has 0 bridgehead atoms. The largest absolute Gasteiger partial charge is 0.510 e. The summed E-state index contributed by atoms with van der Waals surface area (Å²) in [6.07, 6.45) is 2.34. The van der Waals surface area contributed by atoms with E-state index in [0.29, 0.717) is 17.9 Å². The summed E-state index contributed by atoms with van der Waals surface area (Å²) < 4.78 is 0. The van der Waals surface area contributed by atoms with Crippen LogP contribution in [0, 0.1) is 17.8 Å². The van der Waals surface area contributed by atoms with Crippen molar-refractivity contribution in [1.29, 1.82) is 0 Å². The number of likely N-dealkylation sites (N-methyl/N-ethyl adjacent to an activating group) is 1. The number of hydrogen-bond acceptors (Lipinski definition) is 11. The van der Waals surface area contributed by atoms with E-state index in [9.17, 15) is 39.6 Å². The van der Waals surface area contributed by atoms with Crippen LogP contribution in [-0.4, -0.2) is 86.6 Å². The van der Waals surface area contributed by atoms with Crippen molar-refractivity contribution in [1.82, 2.24) is 10.4 Å². The Labute approximate surface area is 248 Å². The number of anilines is 1. The number of hydrogen-bond donors (Lipinski definition) is 7. The SMILES string of the molecule is CCC(NOC1CC(C)C1)C(=O)Nc1ccc2c(c1O)C(=O)C1=C(O)[C@]3(O)C(=O)C(C(N)=O)=C(O)[C@@H](N(C)C)C3CC1C2. The molecule has 13 heteroatoms. The van der Waals surface area contributed by atoms with E-state index in [4.69, 9.17) is 10.6 Å². The number of carbonyl (C=O) groups excluding carboxylic acids is 4. The minimum absolute atomic E-state index is 0.00532. The number of aromatic hydroxyl groups is 1. The first-order valence-corrected chi connectivity index (χ1v) is 14.4. The van der Waals surface area contributed by atoms with Crippen LogP contribution in [0.3, 0.4) is 0 Å². The molecule has 0 aliphatic heterocycles. The number of nitrogens with one attached hydrogen (secondary N) is 2. The molecule has 0 spiro atoms. The number of ketones is 2. The molecule has 232 valence electrons. The van der Waals surface area contributed by atoms with Gasteiger partial charge in [0, 0.05) is 11.5 Å². The highest BCUT2D eigenvalue weighted by Crippen LogP contribution is 2.52. The summed E-state index contributed by atoms with van der Waals surface area (Å²) in [5.41, 5.74) is 4.53. The van der Waals surface area contributed by atoms with Crippen LogP contribution in [0.15, 0.2) is 34.8 Å². The third-order valence-electron chi connectivity index (χ3n) is 9.29. The first-order valence-electron chi connectivity index (χ1n) is 14.4. The van der Waals surface area contributed by atoms with Crippen molar-refractivity contribution in [3.05, 3.63) is 45.9 Å². The minimum Gasteiger partial charge on any atom is -0.510 e. The zero-order valence-electron chi connectivity index (χ0n) is 24.5. The van der Waals surface area contributed by atoms with Crippen molar-refractivity contribution in [3.63, 3.8) is 0 Å². The second-order valence-corrected chi connectivity index (χ2v) is 12.3. The van der Waals surface area contributed by atoms with Crippen LogP contribution in [0.25, 0.3) is 0 Å². The highest BCUT2D eigenvalue weighted by atomic mass is 16.7. The minimum atomic E-state index is -2.72. The molecule has 0 heterocycles. The number of primary amides is 1. The quantitative estimate of drug-likeness (QED) is 0.128. The standard InChI is InChI=1S/C30H38N4O9/c1-5-17(33-43-15-8-12(2)9-15)29(41)32-18-7-6-13-10-14-11-16-22(34(3)4)25(37)21(28(31)40)27(39)30(16,42)26(38)20(14)24(36)19(13)23(18)35/h6-7,12,14-17,22,33,35,37-38,42H,5,8-11H2,1-4H3,(H2,31,40)(H,32,41)/t12?,14?,15?,16?,17?,22-,30-/m0/s1. The molecule has 0 aromatic heterocycles. The summed E-state index contributed by atoms with van der Waals surface area (Å²) in [4.78, 5) is 59.5. The highest BCUT2D eigenvalue weighted by Gasteiger charge is 2.63. The second-order valence-electron chi connectivity index (χ2n) is 12.3. The maximum absolute atomic E-state index is 13.9. The Morgan fingerprint density at radius 1 is 1.16 bits per heavy atom. The summed E-state index contributed by atoms with van der Waals surface area (Å²) in [5, 5.41) is 47.7. The van der Waals surface area contributed by atoms with Gasteiger partial charge in [0.15, 0.2) is 17.1 Å². The van der Waals surface area contributed by atoms with E-state index >= 15 is 0 Å². The molecule has 5 atom stereocenters. The van der Waals surface area contributed by atoms with E-state index in [1.165, 1.54) is 11.0 Å². The molecule has 43 heavy (non-hydrogen) atoms. The molecule has 13 nitrogen and oxygen atoms in total.